The number of nitrogen functional groups attached to an aromatic ring is 1. The van der Waals surface area contributed by atoms with E-state index >= 15 is 0 Å². The van der Waals surface area contributed by atoms with Gasteiger partial charge in [0, 0.05) is 37.6 Å². The topological polar surface area (TPSA) is 78.7 Å². The number of anilines is 2. The molecule has 0 bridgehead atoms. The number of nitrogens with two attached hydrogens (primary N) is 1. The molecule has 6 nitrogen and oxygen atoms in total. The standard InChI is InChI=1S/C20H24N4O2/c1-23-9-11-24(12-10-23)19(25)14-15-5-4-6-16(13-15)22-20(26)17-7-2-3-8-18(17)21/h2-8,13H,9-12,14,21H2,1H3,(H,22,26). The first kappa shape index (κ1) is 17.9. The molecule has 1 fully saturated rings. The van der Waals surface area contributed by atoms with E-state index in [9.17, 15) is 9.59 Å². The van der Waals surface area contributed by atoms with Crippen molar-refractivity contribution in [3.05, 3.63) is 59.7 Å². The molecule has 0 unspecified atom stereocenters. The highest BCUT2D eigenvalue weighted by Crippen LogP contribution is 2.16. The number of rotatable bonds is 4. The van der Waals surface area contributed by atoms with Crippen LogP contribution in [-0.2, 0) is 11.2 Å². The molecule has 1 aliphatic heterocycles. The van der Waals surface area contributed by atoms with Crippen molar-refractivity contribution in [2.24, 2.45) is 0 Å². The average Bonchev–Trinajstić information content (AvgIpc) is 2.63. The summed E-state index contributed by atoms with van der Waals surface area (Å²) >= 11 is 0. The zero-order valence-corrected chi connectivity index (χ0v) is 14.9. The lowest BCUT2D eigenvalue weighted by Gasteiger charge is -2.32. The van der Waals surface area contributed by atoms with Crippen LogP contribution in [-0.4, -0.2) is 54.8 Å². The average molecular weight is 352 g/mol. The number of piperazine rings is 1. The summed E-state index contributed by atoms with van der Waals surface area (Å²) in [4.78, 5) is 29.0. The first-order valence-electron chi connectivity index (χ1n) is 8.74. The van der Waals surface area contributed by atoms with E-state index in [0.29, 0.717) is 23.4 Å². The summed E-state index contributed by atoms with van der Waals surface area (Å²) in [6.45, 7) is 3.33. The molecule has 1 saturated heterocycles. The van der Waals surface area contributed by atoms with Crippen LogP contribution >= 0.6 is 0 Å². The lowest BCUT2D eigenvalue weighted by Crippen LogP contribution is -2.47. The van der Waals surface area contributed by atoms with E-state index in [0.717, 1.165) is 31.7 Å². The van der Waals surface area contributed by atoms with Crippen LogP contribution in [0.5, 0.6) is 0 Å². The summed E-state index contributed by atoms with van der Waals surface area (Å²) in [6, 6.07) is 14.3. The highest BCUT2D eigenvalue weighted by atomic mass is 16.2. The minimum absolute atomic E-state index is 0.119. The summed E-state index contributed by atoms with van der Waals surface area (Å²) in [7, 11) is 2.06. The quantitative estimate of drug-likeness (QED) is 0.823. The third-order valence-corrected chi connectivity index (χ3v) is 4.60. The van der Waals surface area contributed by atoms with E-state index in [1.165, 1.54) is 0 Å². The van der Waals surface area contributed by atoms with Crippen molar-refractivity contribution in [1.82, 2.24) is 9.80 Å². The van der Waals surface area contributed by atoms with Gasteiger partial charge in [0.05, 0.1) is 12.0 Å². The largest absolute Gasteiger partial charge is 0.398 e. The molecule has 0 atom stereocenters. The summed E-state index contributed by atoms with van der Waals surface area (Å²) in [6.07, 6.45) is 0.334. The van der Waals surface area contributed by atoms with Crippen molar-refractivity contribution in [3.63, 3.8) is 0 Å². The maximum absolute atomic E-state index is 12.5. The molecule has 1 aliphatic rings. The van der Waals surface area contributed by atoms with E-state index < -0.39 is 0 Å². The van der Waals surface area contributed by atoms with Crippen molar-refractivity contribution < 1.29 is 9.59 Å². The summed E-state index contributed by atoms with van der Waals surface area (Å²) in [5.74, 6) is -0.139. The molecule has 2 aromatic carbocycles. The van der Waals surface area contributed by atoms with Crippen LogP contribution in [0.15, 0.2) is 48.5 Å². The molecule has 2 amide bonds. The van der Waals surface area contributed by atoms with E-state index in [4.69, 9.17) is 5.73 Å². The number of hydrogen-bond acceptors (Lipinski definition) is 4. The molecule has 2 aromatic rings. The number of carbonyl (C=O) groups excluding carboxylic acids is 2. The fourth-order valence-electron chi connectivity index (χ4n) is 3.00. The summed E-state index contributed by atoms with van der Waals surface area (Å²) in [5.41, 5.74) is 8.26. The molecular weight excluding hydrogens is 328 g/mol. The van der Waals surface area contributed by atoms with Crippen molar-refractivity contribution in [1.29, 1.82) is 0 Å². The molecule has 136 valence electrons. The second-order valence-electron chi connectivity index (χ2n) is 6.60. The van der Waals surface area contributed by atoms with Crippen LogP contribution in [0.4, 0.5) is 11.4 Å². The first-order chi connectivity index (χ1) is 12.5. The van der Waals surface area contributed by atoms with Gasteiger partial charge in [-0.25, -0.2) is 0 Å². The molecule has 6 heteroatoms. The molecule has 0 radical (unpaired) electrons. The van der Waals surface area contributed by atoms with Crippen molar-refractivity contribution in [2.75, 3.05) is 44.3 Å². The van der Waals surface area contributed by atoms with E-state index in [-0.39, 0.29) is 11.8 Å². The number of nitrogens with one attached hydrogen (secondary N) is 1. The number of nitrogens with zero attached hydrogens (tertiary/aromatic N) is 2. The Labute approximate surface area is 153 Å². The maximum atomic E-state index is 12.5. The van der Waals surface area contributed by atoms with Crippen LogP contribution in [0.1, 0.15) is 15.9 Å². The molecule has 1 heterocycles. The normalized spacial score (nSPS) is 14.9. The predicted molar refractivity (Wildman–Crippen MR) is 103 cm³/mol. The number of amides is 2. The Morgan fingerprint density at radius 1 is 1.04 bits per heavy atom. The Balaban J connectivity index is 1.64. The fourth-order valence-corrected chi connectivity index (χ4v) is 3.00. The second kappa shape index (κ2) is 8.01. The van der Waals surface area contributed by atoms with Gasteiger partial charge in [0.25, 0.3) is 5.91 Å². The second-order valence-corrected chi connectivity index (χ2v) is 6.60. The molecule has 26 heavy (non-hydrogen) atoms. The van der Waals surface area contributed by atoms with Crippen LogP contribution in [0.3, 0.4) is 0 Å². The maximum Gasteiger partial charge on any atom is 0.257 e. The van der Waals surface area contributed by atoms with Crippen LogP contribution in [0.2, 0.25) is 0 Å². The van der Waals surface area contributed by atoms with E-state index in [1.807, 2.05) is 23.1 Å². The zero-order valence-electron chi connectivity index (χ0n) is 14.9. The molecule has 0 saturated carbocycles. The molecule has 0 spiro atoms. The number of para-hydroxylation sites is 1. The van der Waals surface area contributed by atoms with Gasteiger partial charge in [-0.2, -0.15) is 0 Å². The van der Waals surface area contributed by atoms with Crippen LogP contribution in [0.25, 0.3) is 0 Å². The first-order valence-corrected chi connectivity index (χ1v) is 8.74. The minimum atomic E-state index is -0.259. The number of benzene rings is 2. The summed E-state index contributed by atoms with van der Waals surface area (Å²) < 4.78 is 0. The molecule has 0 aromatic heterocycles. The zero-order chi connectivity index (χ0) is 18.5. The van der Waals surface area contributed by atoms with Gasteiger partial charge in [0.2, 0.25) is 5.91 Å². The smallest absolute Gasteiger partial charge is 0.257 e. The minimum Gasteiger partial charge on any atom is -0.398 e. The fraction of sp³-hybridized carbons (Fsp3) is 0.300. The third kappa shape index (κ3) is 4.40. The Morgan fingerprint density at radius 2 is 1.77 bits per heavy atom. The number of carbonyl (C=O) groups is 2. The van der Waals surface area contributed by atoms with Crippen molar-refractivity contribution in [2.45, 2.75) is 6.42 Å². The Kier molecular flexibility index (Phi) is 5.53. The van der Waals surface area contributed by atoms with Gasteiger partial charge >= 0.3 is 0 Å². The van der Waals surface area contributed by atoms with Gasteiger partial charge in [0.15, 0.2) is 0 Å². The van der Waals surface area contributed by atoms with Gasteiger partial charge in [-0.3, -0.25) is 9.59 Å². The third-order valence-electron chi connectivity index (χ3n) is 4.60. The van der Waals surface area contributed by atoms with Crippen LogP contribution < -0.4 is 11.1 Å². The molecule has 3 rings (SSSR count). The monoisotopic (exact) mass is 352 g/mol. The number of hydrogen-bond donors (Lipinski definition) is 2. The Hall–Kier alpha value is -2.86. The van der Waals surface area contributed by atoms with E-state index in [1.54, 1.807) is 30.3 Å². The molecular formula is C20H24N4O2. The number of likely N-dealkylation sites (N-methyl/N-ethyl adjacent to an activating group) is 1. The Bertz CT molecular complexity index is 798. The highest BCUT2D eigenvalue weighted by molar-refractivity contribution is 6.07. The van der Waals surface area contributed by atoms with Crippen molar-refractivity contribution in [3.8, 4) is 0 Å². The van der Waals surface area contributed by atoms with Gasteiger partial charge in [-0.15, -0.1) is 0 Å². The predicted octanol–water partition coefficient (Wildman–Crippen LogP) is 1.84. The Morgan fingerprint density at radius 3 is 2.50 bits per heavy atom. The lowest BCUT2D eigenvalue weighted by molar-refractivity contribution is -0.132. The molecule has 0 aliphatic carbocycles. The molecule has 3 N–H and O–H groups in total. The van der Waals surface area contributed by atoms with Gasteiger partial charge in [-0.1, -0.05) is 24.3 Å². The highest BCUT2D eigenvalue weighted by Gasteiger charge is 2.19. The van der Waals surface area contributed by atoms with Gasteiger partial charge in [-0.05, 0) is 36.9 Å². The lowest BCUT2D eigenvalue weighted by atomic mass is 10.1. The summed E-state index contributed by atoms with van der Waals surface area (Å²) in [5, 5.41) is 2.85. The SMILES string of the molecule is CN1CCN(C(=O)Cc2cccc(NC(=O)c3ccccc3N)c2)CC1. The van der Waals surface area contributed by atoms with E-state index in [2.05, 4.69) is 17.3 Å². The van der Waals surface area contributed by atoms with Gasteiger partial charge < -0.3 is 20.9 Å². The van der Waals surface area contributed by atoms with Gasteiger partial charge in [0.1, 0.15) is 0 Å². The van der Waals surface area contributed by atoms with Crippen LogP contribution in [0, 0.1) is 0 Å². The van der Waals surface area contributed by atoms with Crippen molar-refractivity contribution >= 4 is 23.2 Å².